The van der Waals surface area contributed by atoms with E-state index in [1.54, 1.807) is 17.7 Å². The second kappa shape index (κ2) is 8.45. The molecule has 0 radical (unpaired) electrons. The van der Waals surface area contributed by atoms with Crippen LogP contribution in [-0.2, 0) is 16.1 Å². The number of para-hydroxylation sites is 1. The van der Waals surface area contributed by atoms with Gasteiger partial charge in [-0.25, -0.2) is 4.98 Å². The summed E-state index contributed by atoms with van der Waals surface area (Å²) >= 11 is 0. The fraction of sp³-hybridized carbons (Fsp3) is 0.550. The number of methoxy groups -OCH3 is 1. The number of hydrogen-bond acceptors (Lipinski definition) is 4. The summed E-state index contributed by atoms with van der Waals surface area (Å²) in [6.45, 7) is 2.71. The third-order valence-electron chi connectivity index (χ3n) is 5.13. The standard InChI is InChI=1S/C20H27N3O3/c1-14(21-19(24)15-8-4-3-5-9-15)18-22-17-11-7-6-10-16(17)20(25)23(18)12-13-26-2/h6-7,10-11,14-15H,3-5,8-9,12-13H2,1-2H3,(H,21,24). The predicted molar refractivity (Wildman–Crippen MR) is 101 cm³/mol. The van der Waals surface area contributed by atoms with Crippen molar-refractivity contribution in [2.45, 2.75) is 51.6 Å². The van der Waals surface area contributed by atoms with Crippen LogP contribution in [0.25, 0.3) is 10.9 Å². The molecule has 0 saturated heterocycles. The first-order valence-corrected chi connectivity index (χ1v) is 9.40. The normalized spacial score (nSPS) is 16.5. The second-order valence-electron chi connectivity index (χ2n) is 7.00. The van der Waals surface area contributed by atoms with Crippen LogP contribution in [0.2, 0.25) is 0 Å². The minimum atomic E-state index is -0.335. The van der Waals surface area contributed by atoms with Crippen molar-refractivity contribution in [2.75, 3.05) is 13.7 Å². The molecule has 1 unspecified atom stereocenters. The summed E-state index contributed by atoms with van der Waals surface area (Å²) in [6, 6.07) is 6.97. The summed E-state index contributed by atoms with van der Waals surface area (Å²) in [5.41, 5.74) is 0.557. The summed E-state index contributed by atoms with van der Waals surface area (Å²) in [5.74, 6) is 0.721. The SMILES string of the molecule is COCCn1c(C(C)NC(=O)C2CCCCC2)nc2ccccc2c1=O. The number of aromatic nitrogens is 2. The maximum atomic E-state index is 12.9. The van der Waals surface area contributed by atoms with Gasteiger partial charge >= 0.3 is 0 Å². The van der Waals surface area contributed by atoms with Gasteiger partial charge in [0, 0.05) is 13.0 Å². The Morgan fingerprint density at radius 3 is 2.77 bits per heavy atom. The topological polar surface area (TPSA) is 73.2 Å². The highest BCUT2D eigenvalue weighted by Crippen LogP contribution is 2.24. The minimum Gasteiger partial charge on any atom is -0.383 e. The van der Waals surface area contributed by atoms with Crippen molar-refractivity contribution < 1.29 is 9.53 Å². The van der Waals surface area contributed by atoms with Crippen molar-refractivity contribution in [1.29, 1.82) is 0 Å². The molecule has 1 aromatic carbocycles. The van der Waals surface area contributed by atoms with E-state index in [0.717, 1.165) is 25.7 Å². The Balaban J connectivity index is 1.91. The Hall–Kier alpha value is -2.21. The Bertz CT molecular complexity index is 825. The van der Waals surface area contributed by atoms with Gasteiger partial charge in [-0.05, 0) is 31.9 Å². The van der Waals surface area contributed by atoms with Crippen molar-refractivity contribution >= 4 is 16.8 Å². The van der Waals surface area contributed by atoms with Gasteiger partial charge in [0.15, 0.2) is 0 Å². The molecule has 6 heteroatoms. The van der Waals surface area contributed by atoms with E-state index < -0.39 is 0 Å². The van der Waals surface area contributed by atoms with Gasteiger partial charge in [0.05, 0.1) is 30.1 Å². The van der Waals surface area contributed by atoms with E-state index in [2.05, 4.69) is 10.3 Å². The van der Waals surface area contributed by atoms with Gasteiger partial charge in [0.2, 0.25) is 5.91 Å². The molecule has 1 aliphatic rings. The molecule has 26 heavy (non-hydrogen) atoms. The van der Waals surface area contributed by atoms with E-state index in [9.17, 15) is 9.59 Å². The van der Waals surface area contributed by atoms with E-state index in [4.69, 9.17) is 4.74 Å². The molecule has 1 aromatic heterocycles. The van der Waals surface area contributed by atoms with Crippen LogP contribution in [-0.4, -0.2) is 29.2 Å². The Kier molecular flexibility index (Phi) is 6.04. The zero-order valence-corrected chi connectivity index (χ0v) is 15.5. The molecule has 0 spiro atoms. The van der Waals surface area contributed by atoms with Gasteiger partial charge in [-0.2, -0.15) is 0 Å². The summed E-state index contributed by atoms with van der Waals surface area (Å²) in [5, 5.41) is 3.65. The van der Waals surface area contributed by atoms with Crippen LogP contribution in [0.4, 0.5) is 0 Å². The molecule has 0 aliphatic heterocycles. The first-order chi connectivity index (χ1) is 12.6. The van der Waals surface area contributed by atoms with E-state index in [-0.39, 0.29) is 23.4 Å². The summed E-state index contributed by atoms with van der Waals surface area (Å²) in [7, 11) is 1.60. The highest BCUT2D eigenvalue weighted by atomic mass is 16.5. The monoisotopic (exact) mass is 357 g/mol. The van der Waals surface area contributed by atoms with E-state index >= 15 is 0 Å². The summed E-state index contributed by atoms with van der Waals surface area (Å²) in [6.07, 6.45) is 5.32. The Labute approximate surface area is 153 Å². The first-order valence-electron chi connectivity index (χ1n) is 9.40. The number of nitrogens with one attached hydrogen (secondary N) is 1. The molecule has 1 heterocycles. The van der Waals surface area contributed by atoms with Crippen molar-refractivity contribution in [1.82, 2.24) is 14.9 Å². The van der Waals surface area contributed by atoms with Crippen molar-refractivity contribution in [3.63, 3.8) is 0 Å². The largest absolute Gasteiger partial charge is 0.383 e. The van der Waals surface area contributed by atoms with E-state index in [1.165, 1.54) is 6.42 Å². The number of hydrogen-bond donors (Lipinski definition) is 1. The van der Waals surface area contributed by atoms with Crippen LogP contribution >= 0.6 is 0 Å². The van der Waals surface area contributed by atoms with Crippen molar-refractivity contribution in [2.24, 2.45) is 5.92 Å². The number of carbonyl (C=O) groups is 1. The maximum Gasteiger partial charge on any atom is 0.261 e. The number of ether oxygens (including phenoxy) is 1. The first kappa shape index (κ1) is 18.6. The number of carbonyl (C=O) groups excluding carboxylic acids is 1. The predicted octanol–water partition coefficient (Wildman–Crippen LogP) is 2.80. The van der Waals surface area contributed by atoms with Crippen LogP contribution in [0.5, 0.6) is 0 Å². The Morgan fingerprint density at radius 1 is 1.31 bits per heavy atom. The van der Waals surface area contributed by atoms with E-state index in [0.29, 0.717) is 29.9 Å². The van der Waals surface area contributed by atoms with Crippen LogP contribution < -0.4 is 10.9 Å². The molecular weight excluding hydrogens is 330 g/mol. The zero-order chi connectivity index (χ0) is 18.5. The molecule has 1 amide bonds. The van der Waals surface area contributed by atoms with Gasteiger partial charge in [-0.15, -0.1) is 0 Å². The van der Waals surface area contributed by atoms with Gasteiger partial charge in [0.25, 0.3) is 5.56 Å². The molecule has 1 aliphatic carbocycles. The fourth-order valence-electron chi connectivity index (χ4n) is 3.68. The van der Waals surface area contributed by atoms with Gasteiger partial charge < -0.3 is 10.1 Å². The molecule has 2 aromatic rings. The third kappa shape index (κ3) is 3.96. The lowest BCUT2D eigenvalue weighted by atomic mass is 9.88. The van der Waals surface area contributed by atoms with Crippen LogP contribution in [0.15, 0.2) is 29.1 Å². The molecule has 6 nitrogen and oxygen atoms in total. The zero-order valence-electron chi connectivity index (χ0n) is 15.5. The van der Waals surface area contributed by atoms with Gasteiger partial charge in [-0.1, -0.05) is 31.4 Å². The number of nitrogens with zero attached hydrogens (tertiary/aromatic N) is 2. The van der Waals surface area contributed by atoms with Crippen LogP contribution in [0.3, 0.4) is 0 Å². The Morgan fingerprint density at radius 2 is 2.04 bits per heavy atom. The van der Waals surface area contributed by atoms with Crippen LogP contribution in [0, 0.1) is 5.92 Å². The minimum absolute atomic E-state index is 0.0675. The summed E-state index contributed by atoms with van der Waals surface area (Å²) in [4.78, 5) is 30.2. The number of fused-ring (bicyclic) bond motifs is 1. The number of amides is 1. The lowest BCUT2D eigenvalue weighted by molar-refractivity contribution is -0.126. The molecule has 140 valence electrons. The molecule has 0 bridgehead atoms. The smallest absolute Gasteiger partial charge is 0.261 e. The number of benzene rings is 1. The van der Waals surface area contributed by atoms with Gasteiger partial charge in [0.1, 0.15) is 5.82 Å². The maximum absolute atomic E-state index is 12.9. The number of rotatable bonds is 6. The molecule has 1 atom stereocenters. The lowest BCUT2D eigenvalue weighted by Gasteiger charge is -2.24. The van der Waals surface area contributed by atoms with Gasteiger partial charge in [-0.3, -0.25) is 14.2 Å². The fourth-order valence-corrected chi connectivity index (χ4v) is 3.68. The van der Waals surface area contributed by atoms with E-state index in [1.807, 2.05) is 25.1 Å². The van der Waals surface area contributed by atoms with Crippen molar-refractivity contribution in [3.8, 4) is 0 Å². The average molecular weight is 357 g/mol. The highest BCUT2D eigenvalue weighted by Gasteiger charge is 2.24. The molecule has 3 rings (SSSR count). The second-order valence-corrected chi connectivity index (χ2v) is 7.00. The molecule has 1 N–H and O–H groups in total. The average Bonchev–Trinajstić information content (AvgIpc) is 2.67. The third-order valence-corrected chi connectivity index (χ3v) is 5.13. The molecule has 1 saturated carbocycles. The molecule has 1 fully saturated rings. The molecular formula is C20H27N3O3. The van der Waals surface area contributed by atoms with Crippen molar-refractivity contribution in [3.05, 3.63) is 40.4 Å². The van der Waals surface area contributed by atoms with Crippen LogP contribution in [0.1, 0.15) is 50.9 Å². The summed E-state index contributed by atoms with van der Waals surface area (Å²) < 4.78 is 6.77. The highest BCUT2D eigenvalue weighted by molar-refractivity contribution is 5.79. The lowest BCUT2D eigenvalue weighted by Crippen LogP contribution is -2.37. The quantitative estimate of drug-likeness (QED) is 0.863.